The first-order valence-corrected chi connectivity index (χ1v) is 5.07. The second-order valence-electron chi connectivity index (χ2n) is 3.32. The number of carboxylic acids is 1. The van der Waals surface area contributed by atoms with Gasteiger partial charge in [0.1, 0.15) is 5.75 Å². The minimum atomic E-state index is -1.02. The van der Waals surface area contributed by atoms with Gasteiger partial charge in [-0.25, -0.2) is 9.78 Å². The van der Waals surface area contributed by atoms with E-state index >= 15 is 0 Å². The van der Waals surface area contributed by atoms with E-state index in [2.05, 4.69) is 9.97 Å². The van der Waals surface area contributed by atoms with Crippen LogP contribution < -0.4 is 9.47 Å². The van der Waals surface area contributed by atoms with Gasteiger partial charge in [0, 0.05) is 12.3 Å². The van der Waals surface area contributed by atoms with Crippen LogP contribution in [0.2, 0.25) is 0 Å². The zero-order valence-electron chi connectivity index (χ0n) is 9.53. The number of methoxy groups -OCH3 is 1. The molecule has 2 rings (SSSR count). The van der Waals surface area contributed by atoms with Gasteiger partial charge >= 0.3 is 12.0 Å². The molecule has 1 heterocycles. The molecule has 0 aliphatic rings. The van der Waals surface area contributed by atoms with Crippen LogP contribution in [0.3, 0.4) is 0 Å². The number of carbonyl (C=O) groups is 1. The first-order chi connectivity index (χ1) is 8.69. The molecule has 0 radical (unpaired) electrons. The largest absolute Gasteiger partial charge is 0.481 e. The summed E-state index contributed by atoms with van der Waals surface area (Å²) in [4.78, 5) is 18.7. The molecule has 0 aliphatic heterocycles. The van der Waals surface area contributed by atoms with Gasteiger partial charge in [0.25, 0.3) is 0 Å². The normalized spacial score (nSPS) is 9.83. The van der Waals surface area contributed by atoms with Gasteiger partial charge in [-0.15, -0.1) is 0 Å². The first-order valence-electron chi connectivity index (χ1n) is 5.07. The maximum Gasteiger partial charge on any atom is 0.335 e. The maximum absolute atomic E-state index is 10.8. The SMILES string of the molecule is COc1ccnc(Oc2cccc(C(=O)O)c2)n1. The predicted molar refractivity (Wildman–Crippen MR) is 62.1 cm³/mol. The van der Waals surface area contributed by atoms with Crippen LogP contribution in [-0.2, 0) is 0 Å². The molecule has 2 aromatic rings. The van der Waals surface area contributed by atoms with Crippen molar-refractivity contribution in [2.24, 2.45) is 0 Å². The monoisotopic (exact) mass is 246 g/mol. The smallest absolute Gasteiger partial charge is 0.335 e. The Kier molecular flexibility index (Phi) is 3.38. The average molecular weight is 246 g/mol. The molecule has 6 nitrogen and oxygen atoms in total. The summed E-state index contributed by atoms with van der Waals surface area (Å²) in [7, 11) is 1.48. The quantitative estimate of drug-likeness (QED) is 0.888. The van der Waals surface area contributed by atoms with Crippen LogP contribution >= 0.6 is 0 Å². The molecular weight excluding hydrogens is 236 g/mol. The summed E-state index contributed by atoms with van der Waals surface area (Å²) < 4.78 is 10.3. The Hall–Kier alpha value is -2.63. The number of hydrogen-bond donors (Lipinski definition) is 1. The van der Waals surface area contributed by atoms with Crippen LogP contribution in [0.25, 0.3) is 0 Å². The fourth-order valence-electron chi connectivity index (χ4n) is 1.29. The Morgan fingerprint density at radius 2 is 2.17 bits per heavy atom. The zero-order chi connectivity index (χ0) is 13.0. The van der Waals surface area contributed by atoms with Crippen molar-refractivity contribution in [3.05, 3.63) is 42.1 Å². The predicted octanol–water partition coefficient (Wildman–Crippen LogP) is 1.98. The van der Waals surface area contributed by atoms with Gasteiger partial charge in [0.15, 0.2) is 0 Å². The highest BCUT2D eigenvalue weighted by Crippen LogP contribution is 2.20. The summed E-state index contributed by atoms with van der Waals surface area (Å²) in [5, 5.41) is 8.85. The molecule has 1 aromatic carbocycles. The molecule has 0 saturated heterocycles. The molecule has 92 valence electrons. The van der Waals surface area contributed by atoms with Crippen molar-refractivity contribution < 1.29 is 19.4 Å². The maximum atomic E-state index is 10.8. The van der Waals surface area contributed by atoms with E-state index in [1.165, 1.54) is 25.4 Å². The van der Waals surface area contributed by atoms with Gasteiger partial charge in [0.2, 0.25) is 5.88 Å². The van der Waals surface area contributed by atoms with Crippen molar-refractivity contribution in [2.45, 2.75) is 0 Å². The topological polar surface area (TPSA) is 81.5 Å². The van der Waals surface area contributed by atoms with Crippen molar-refractivity contribution in [2.75, 3.05) is 7.11 Å². The van der Waals surface area contributed by atoms with Crippen molar-refractivity contribution >= 4 is 5.97 Å². The Morgan fingerprint density at radius 3 is 2.89 bits per heavy atom. The Labute approximate surface area is 103 Å². The summed E-state index contributed by atoms with van der Waals surface area (Å²) in [6.07, 6.45) is 1.49. The lowest BCUT2D eigenvalue weighted by Gasteiger charge is -2.05. The first kappa shape index (κ1) is 11.8. The molecule has 1 aromatic heterocycles. The summed E-state index contributed by atoms with van der Waals surface area (Å²) in [6, 6.07) is 7.75. The van der Waals surface area contributed by atoms with E-state index in [0.29, 0.717) is 11.6 Å². The molecule has 0 aliphatic carbocycles. The van der Waals surface area contributed by atoms with Gasteiger partial charge in [-0.3, -0.25) is 0 Å². The molecule has 18 heavy (non-hydrogen) atoms. The van der Waals surface area contributed by atoms with Crippen molar-refractivity contribution in [1.29, 1.82) is 0 Å². The third-order valence-corrected chi connectivity index (χ3v) is 2.11. The van der Waals surface area contributed by atoms with Crippen molar-refractivity contribution in [3.63, 3.8) is 0 Å². The zero-order valence-corrected chi connectivity index (χ0v) is 9.53. The highest BCUT2D eigenvalue weighted by molar-refractivity contribution is 5.88. The van der Waals surface area contributed by atoms with E-state index in [-0.39, 0.29) is 11.6 Å². The van der Waals surface area contributed by atoms with E-state index in [9.17, 15) is 4.79 Å². The van der Waals surface area contributed by atoms with Crippen LogP contribution in [0.4, 0.5) is 0 Å². The average Bonchev–Trinajstić information content (AvgIpc) is 2.39. The fraction of sp³-hybridized carbons (Fsp3) is 0.0833. The van der Waals surface area contributed by atoms with Gasteiger partial charge in [-0.1, -0.05) is 6.07 Å². The number of hydrogen-bond acceptors (Lipinski definition) is 5. The minimum absolute atomic E-state index is 0.0943. The standard InChI is InChI=1S/C12H10N2O4/c1-17-10-5-6-13-12(14-10)18-9-4-2-3-8(7-9)11(15)16/h2-7H,1H3,(H,15,16). The van der Waals surface area contributed by atoms with Gasteiger partial charge in [-0.05, 0) is 18.2 Å². The van der Waals surface area contributed by atoms with E-state index < -0.39 is 5.97 Å². The lowest BCUT2D eigenvalue weighted by atomic mass is 10.2. The van der Waals surface area contributed by atoms with Crippen LogP contribution in [-0.4, -0.2) is 28.2 Å². The molecule has 6 heteroatoms. The highest BCUT2D eigenvalue weighted by atomic mass is 16.5. The van der Waals surface area contributed by atoms with E-state index in [1.807, 2.05) is 0 Å². The Bertz CT molecular complexity index is 572. The lowest BCUT2D eigenvalue weighted by molar-refractivity contribution is 0.0696. The summed E-state index contributed by atoms with van der Waals surface area (Å²) >= 11 is 0. The molecule has 0 unspecified atom stereocenters. The molecule has 0 spiro atoms. The Balaban J connectivity index is 2.22. The van der Waals surface area contributed by atoms with Gasteiger partial charge in [0.05, 0.1) is 12.7 Å². The van der Waals surface area contributed by atoms with Gasteiger partial charge in [-0.2, -0.15) is 4.98 Å². The fourth-order valence-corrected chi connectivity index (χ4v) is 1.29. The number of ether oxygens (including phenoxy) is 2. The molecule has 0 saturated carbocycles. The van der Waals surface area contributed by atoms with Crippen LogP contribution in [0.5, 0.6) is 17.6 Å². The number of aromatic nitrogens is 2. The molecule has 0 bridgehead atoms. The van der Waals surface area contributed by atoms with E-state index in [1.54, 1.807) is 18.2 Å². The second-order valence-corrected chi connectivity index (χ2v) is 3.32. The third kappa shape index (κ3) is 2.73. The van der Waals surface area contributed by atoms with Crippen LogP contribution in [0, 0.1) is 0 Å². The van der Waals surface area contributed by atoms with E-state index in [4.69, 9.17) is 14.6 Å². The van der Waals surface area contributed by atoms with Crippen LogP contribution in [0.1, 0.15) is 10.4 Å². The molecule has 1 N–H and O–H groups in total. The molecule has 0 fully saturated rings. The third-order valence-electron chi connectivity index (χ3n) is 2.11. The van der Waals surface area contributed by atoms with E-state index in [0.717, 1.165) is 0 Å². The highest BCUT2D eigenvalue weighted by Gasteiger charge is 2.06. The summed E-state index contributed by atoms with van der Waals surface area (Å²) in [6.45, 7) is 0. The minimum Gasteiger partial charge on any atom is -0.481 e. The molecule has 0 amide bonds. The number of rotatable bonds is 4. The van der Waals surface area contributed by atoms with Crippen LogP contribution in [0.15, 0.2) is 36.5 Å². The second kappa shape index (κ2) is 5.13. The summed E-state index contributed by atoms with van der Waals surface area (Å²) in [5.41, 5.74) is 0.135. The summed E-state index contributed by atoms with van der Waals surface area (Å²) in [5.74, 6) is -0.301. The lowest BCUT2D eigenvalue weighted by Crippen LogP contribution is -1.98. The number of benzene rings is 1. The number of aromatic carboxylic acids is 1. The van der Waals surface area contributed by atoms with Crippen molar-refractivity contribution in [3.8, 4) is 17.6 Å². The van der Waals surface area contributed by atoms with Crippen molar-refractivity contribution in [1.82, 2.24) is 9.97 Å². The Morgan fingerprint density at radius 1 is 1.33 bits per heavy atom. The molecule has 0 atom stereocenters. The molecular formula is C12H10N2O4. The number of carboxylic acid groups (broad SMARTS) is 1. The number of nitrogens with zero attached hydrogens (tertiary/aromatic N) is 2. The van der Waals surface area contributed by atoms with Gasteiger partial charge < -0.3 is 14.6 Å².